The van der Waals surface area contributed by atoms with Gasteiger partial charge in [-0.3, -0.25) is 4.99 Å². The van der Waals surface area contributed by atoms with Gasteiger partial charge in [0.1, 0.15) is 6.10 Å². The molecular formula is C14H25ClIN3O3S. The van der Waals surface area contributed by atoms with Gasteiger partial charge < -0.3 is 25.2 Å². The van der Waals surface area contributed by atoms with Crippen molar-refractivity contribution in [2.45, 2.75) is 13.0 Å². The first-order valence-corrected chi connectivity index (χ1v) is 8.39. The van der Waals surface area contributed by atoms with Gasteiger partial charge in [-0.1, -0.05) is 11.6 Å². The average Bonchev–Trinajstić information content (AvgIpc) is 2.94. The predicted molar refractivity (Wildman–Crippen MR) is 106 cm³/mol. The zero-order valence-electron chi connectivity index (χ0n) is 13.4. The molecule has 0 amide bonds. The van der Waals surface area contributed by atoms with Crippen LogP contribution in [0.15, 0.2) is 17.1 Å². The second-order valence-electron chi connectivity index (χ2n) is 4.41. The monoisotopic (exact) mass is 477 g/mol. The van der Waals surface area contributed by atoms with Gasteiger partial charge in [-0.05, 0) is 19.1 Å². The number of thiophene rings is 1. The predicted octanol–water partition coefficient (Wildman–Crippen LogP) is 2.27. The molecule has 0 fully saturated rings. The Morgan fingerprint density at radius 2 is 2.13 bits per heavy atom. The van der Waals surface area contributed by atoms with Crippen molar-refractivity contribution >= 4 is 52.9 Å². The number of nitrogens with one attached hydrogen (secondary N) is 2. The lowest BCUT2D eigenvalue weighted by Gasteiger charge is -2.12. The third-order valence-corrected chi connectivity index (χ3v) is 3.99. The molecule has 1 aromatic rings. The largest absolute Gasteiger partial charge is 0.386 e. The van der Waals surface area contributed by atoms with Crippen LogP contribution in [0.5, 0.6) is 0 Å². The number of hydrogen-bond donors (Lipinski definition) is 3. The maximum Gasteiger partial charge on any atom is 0.191 e. The van der Waals surface area contributed by atoms with Gasteiger partial charge >= 0.3 is 0 Å². The topological polar surface area (TPSA) is 75.1 Å². The van der Waals surface area contributed by atoms with Gasteiger partial charge in [-0.2, -0.15) is 0 Å². The molecular weight excluding hydrogens is 453 g/mol. The molecule has 23 heavy (non-hydrogen) atoms. The fraction of sp³-hybridized carbons (Fsp3) is 0.643. The quantitative estimate of drug-likeness (QED) is 0.209. The fourth-order valence-corrected chi connectivity index (χ4v) is 2.64. The zero-order valence-corrected chi connectivity index (χ0v) is 17.3. The number of nitrogens with zero attached hydrogens (tertiary/aromatic N) is 1. The van der Waals surface area contributed by atoms with E-state index >= 15 is 0 Å². The van der Waals surface area contributed by atoms with Crippen LogP contribution in [-0.4, -0.2) is 57.6 Å². The van der Waals surface area contributed by atoms with Crippen LogP contribution in [0, 0.1) is 0 Å². The van der Waals surface area contributed by atoms with E-state index < -0.39 is 6.10 Å². The highest BCUT2D eigenvalue weighted by molar-refractivity contribution is 14.0. The van der Waals surface area contributed by atoms with E-state index in [9.17, 15) is 5.11 Å². The molecule has 0 aliphatic heterocycles. The van der Waals surface area contributed by atoms with E-state index in [0.29, 0.717) is 36.7 Å². The Bertz CT molecular complexity index is 449. The van der Waals surface area contributed by atoms with Crippen molar-refractivity contribution < 1.29 is 14.6 Å². The van der Waals surface area contributed by atoms with Crippen LogP contribution in [0.2, 0.25) is 4.34 Å². The highest BCUT2D eigenvalue weighted by Gasteiger charge is 2.10. The number of hydrogen-bond acceptors (Lipinski definition) is 5. The Labute approximate surface area is 163 Å². The van der Waals surface area contributed by atoms with E-state index in [2.05, 4.69) is 15.6 Å². The lowest BCUT2D eigenvalue weighted by atomic mass is 10.3. The van der Waals surface area contributed by atoms with Gasteiger partial charge in [0.05, 0.1) is 30.7 Å². The number of aliphatic imine (C=N–C) groups is 1. The molecule has 1 aromatic heterocycles. The molecule has 0 spiro atoms. The minimum atomic E-state index is -0.647. The number of methoxy groups -OCH3 is 1. The Morgan fingerprint density at radius 1 is 1.35 bits per heavy atom. The summed E-state index contributed by atoms with van der Waals surface area (Å²) in [7, 11) is 1.64. The molecule has 134 valence electrons. The molecule has 1 unspecified atom stereocenters. The molecule has 0 bridgehead atoms. The number of aliphatic hydroxyl groups is 1. The summed E-state index contributed by atoms with van der Waals surface area (Å²) in [6.07, 6.45) is -0.647. The summed E-state index contributed by atoms with van der Waals surface area (Å²) >= 11 is 7.23. The van der Waals surface area contributed by atoms with Crippen LogP contribution in [0.4, 0.5) is 0 Å². The normalized spacial score (nSPS) is 12.6. The fourth-order valence-electron chi connectivity index (χ4n) is 1.60. The summed E-state index contributed by atoms with van der Waals surface area (Å²) in [6, 6.07) is 3.59. The Kier molecular flexibility index (Phi) is 14.2. The van der Waals surface area contributed by atoms with Gasteiger partial charge in [0.25, 0.3) is 0 Å². The zero-order chi connectivity index (χ0) is 16.2. The van der Waals surface area contributed by atoms with E-state index in [0.717, 1.165) is 11.4 Å². The van der Waals surface area contributed by atoms with Gasteiger partial charge in [-0.15, -0.1) is 35.3 Å². The van der Waals surface area contributed by atoms with Crippen LogP contribution in [0.1, 0.15) is 17.9 Å². The van der Waals surface area contributed by atoms with Crippen molar-refractivity contribution in [2.75, 3.05) is 46.6 Å². The molecule has 0 saturated carbocycles. The molecule has 0 aromatic carbocycles. The molecule has 0 aliphatic rings. The van der Waals surface area contributed by atoms with E-state index in [-0.39, 0.29) is 30.5 Å². The van der Waals surface area contributed by atoms with E-state index in [1.165, 1.54) is 11.3 Å². The Balaban J connectivity index is 0.00000484. The highest BCUT2D eigenvalue weighted by atomic mass is 127. The number of halogens is 2. The van der Waals surface area contributed by atoms with Crippen molar-refractivity contribution in [1.82, 2.24) is 10.6 Å². The molecule has 9 heteroatoms. The van der Waals surface area contributed by atoms with Crippen LogP contribution >= 0.6 is 46.9 Å². The molecule has 1 atom stereocenters. The van der Waals surface area contributed by atoms with E-state index in [4.69, 9.17) is 21.1 Å². The standard InChI is InChI=1S/C14H24ClN3O3S.HI/c1-3-16-14(17-6-7-21-9-8-20-2)18-10-11(19)12-4-5-13(15)22-12;/h4-5,11,19H,3,6-10H2,1-2H3,(H2,16,17,18);1H. The lowest BCUT2D eigenvalue weighted by Crippen LogP contribution is -2.39. The number of rotatable bonds is 10. The molecule has 3 N–H and O–H groups in total. The first kappa shape index (κ1) is 22.9. The number of ether oxygens (including phenoxy) is 2. The molecule has 0 aliphatic carbocycles. The maximum absolute atomic E-state index is 10.1. The van der Waals surface area contributed by atoms with Gasteiger partial charge in [0.2, 0.25) is 0 Å². The molecule has 0 saturated heterocycles. The lowest BCUT2D eigenvalue weighted by molar-refractivity contribution is 0.0733. The summed E-state index contributed by atoms with van der Waals surface area (Å²) < 4.78 is 10.9. The summed E-state index contributed by atoms with van der Waals surface area (Å²) in [6.45, 7) is 5.37. The Hall–Kier alpha value is -0.130. The first-order chi connectivity index (χ1) is 10.7. The van der Waals surface area contributed by atoms with Crippen molar-refractivity contribution in [3.8, 4) is 0 Å². The van der Waals surface area contributed by atoms with E-state index in [1.807, 2.05) is 13.0 Å². The number of guanidine groups is 1. The van der Waals surface area contributed by atoms with Crippen molar-refractivity contribution in [3.63, 3.8) is 0 Å². The van der Waals surface area contributed by atoms with Crippen molar-refractivity contribution in [2.24, 2.45) is 4.99 Å². The smallest absolute Gasteiger partial charge is 0.191 e. The minimum Gasteiger partial charge on any atom is -0.386 e. The van der Waals surface area contributed by atoms with Crippen molar-refractivity contribution in [1.29, 1.82) is 0 Å². The van der Waals surface area contributed by atoms with Gasteiger partial charge in [0.15, 0.2) is 5.96 Å². The third kappa shape index (κ3) is 10.4. The SMILES string of the molecule is CCNC(=NCC(O)c1ccc(Cl)s1)NCCOCCOC.I. The van der Waals surface area contributed by atoms with Crippen LogP contribution in [-0.2, 0) is 9.47 Å². The van der Waals surface area contributed by atoms with Gasteiger partial charge in [-0.25, -0.2) is 0 Å². The molecule has 1 heterocycles. The summed E-state index contributed by atoms with van der Waals surface area (Å²) in [4.78, 5) is 5.17. The number of aliphatic hydroxyl groups excluding tert-OH is 1. The van der Waals surface area contributed by atoms with Crippen molar-refractivity contribution in [3.05, 3.63) is 21.3 Å². The summed E-state index contributed by atoms with van der Waals surface area (Å²) in [5, 5.41) is 16.3. The summed E-state index contributed by atoms with van der Waals surface area (Å²) in [5.74, 6) is 0.652. The second-order valence-corrected chi connectivity index (χ2v) is 6.16. The maximum atomic E-state index is 10.1. The summed E-state index contributed by atoms with van der Waals surface area (Å²) in [5.41, 5.74) is 0. The van der Waals surface area contributed by atoms with Gasteiger partial charge in [0, 0.05) is 25.1 Å². The highest BCUT2D eigenvalue weighted by Crippen LogP contribution is 2.26. The van der Waals surface area contributed by atoms with E-state index in [1.54, 1.807) is 13.2 Å². The molecule has 6 nitrogen and oxygen atoms in total. The van der Waals surface area contributed by atoms with Crippen LogP contribution < -0.4 is 10.6 Å². The Morgan fingerprint density at radius 3 is 2.74 bits per heavy atom. The second kappa shape index (κ2) is 14.2. The molecule has 0 radical (unpaired) electrons. The van der Waals surface area contributed by atoms with Crippen LogP contribution in [0.3, 0.4) is 0 Å². The average molecular weight is 478 g/mol. The molecule has 1 rings (SSSR count). The van der Waals surface area contributed by atoms with Crippen LogP contribution in [0.25, 0.3) is 0 Å². The minimum absolute atomic E-state index is 0. The first-order valence-electron chi connectivity index (χ1n) is 7.19. The third-order valence-electron chi connectivity index (χ3n) is 2.66.